The molecule has 2 heterocycles. The summed E-state index contributed by atoms with van der Waals surface area (Å²) in [5, 5.41) is 2.01. The highest BCUT2D eigenvalue weighted by Crippen LogP contribution is 2.35. The molecule has 0 bridgehead atoms. The SMILES string of the molecule is CCCN1CCCC2(CON(C)C2)C1. The summed E-state index contributed by atoms with van der Waals surface area (Å²) in [6.45, 7) is 8.10. The third-order valence-electron chi connectivity index (χ3n) is 3.43. The van der Waals surface area contributed by atoms with Crippen molar-refractivity contribution in [2.45, 2.75) is 26.2 Å². The molecule has 0 aromatic carbocycles. The minimum atomic E-state index is 0.447. The van der Waals surface area contributed by atoms with Crippen LogP contribution in [0, 0.1) is 5.41 Å². The third kappa shape index (κ3) is 2.10. The summed E-state index contributed by atoms with van der Waals surface area (Å²) in [5.41, 5.74) is 0.447. The Morgan fingerprint density at radius 1 is 1.36 bits per heavy atom. The fraction of sp³-hybridized carbons (Fsp3) is 1.00. The molecule has 2 fully saturated rings. The molecule has 2 rings (SSSR count). The van der Waals surface area contributed by atoms with Crippen LogP contribution in [0.5, 0.6) is 0 Å². The Labute approximate surface area is 87.0 Å². The van der Waals surface area contributed by atoms with Crippen LogP contribution in [0.3, 0.4) is 0 Å². The van der Waals surface area contributed by atoms with E-state index in [9.17, 15) is 0 Å². The smallest absolute Gasteiger partial charge is 0.0766 e. The molecule has 2 aliphatic heterocycles. The van der Waals surface area contributed by atoms with E-state index in [2.05, 4.69) is 11.8 Å². The number of likely N-dealkylation sites (tertiary alicyclic amines) is 1. The first-order valence-corrected chi connectivity index (χ1v) is 5.80. The van der Waals surface area contributed by atoms with Gasteiger partial charge in [-0.15, -0.1) is 0 Å². The van der Waals surface area contributed by atoms with Crippen LogP contribution in [0.1, 0.15) is 26.2 Å². The molecule has 3 nitrogen and oxygen atoms in total. The fourth-order valence-electron chi connectivity index (χ4n) is 2.87. The number of hydrogen-bond acceptors (Lipinski definition) is 3. The van der Waals surface area contributed by atoms with E-state index in [-0.39, 0.29) is 0 Å². The highest BCUT2D eigenvalue weighted by Gasteiger charge is 2.41. The van der Waals surface area contributed by atoms with Crippen molar-refractivity contribution in [2.75, 3.05) is 39.8 Å². The Kier molecular flexibility index (Phi) is 3.10. The molecule has 82 valence electrons. The average Bonchev–Trinajstić information content (AvgIpc) is 2.48. The van der Waals surface area contributed by atoms with Gasteiger partial charge in [0, 0.05) is 25.6 Å². The molecule has 14 heavy (non-hydrogen) atoms. The summed E-state index contributed by atoms with van der Waals surface area (Å²) in [6, 6.07) is 0. The summed E-state index contributed by atoms with van der Waals surface area (Å²) >= 11 is 0. The van der Waals surface area contributed by atoms with Crippen molar-refractivity contribution in [1.29, 1.82) is 0 Å². The first kappa shape index (κ1) is 10.4. The maximum atomic E-state index is 5.58. The van der Waals surface area contributed by atoms with Gasteiger partial charge in [-0.3, -0.25) is 4.84 Å². The van der Waals surface area contributed by atoms with E-state index in [4.69, 9.17) is 4.84 Å². The standard InChI is InChI=1S/C11H22N2O/c1-3-6-13-7-4-5-11(9-13)8-12(2)14-10-11/h3-10H2,1-2H3. The highest BCUT2D eigenvalue weighted by atomic mass is 16.7. The largest absolute Gasteiger partial charge is 0.303 e. The van der Waals surface area contributed by atoms with Crippen molar-refractivity contribution >= 4 is 0 Å². The van der Waals surface area contributed by atoms with Gasteiger partial charge in [0.15, 0.2) is 0 Å². The number of hydrogen-bond donors (Lipinski definition) is 0. The molecule has 2 aliphatic rings. The van der Waals surface area contributed by atoms with E-state index in [0.29, 0.717) is 5.41 Å². The van der Waals surface area contributed by atoms with Gasteiger partial charge in [-0.25, -0.2) is 0 Å². The minimum absolute atomic E-state index is 0.447. The van der Waals surface area contributed by atoms with Gasteiger partial charge in [0.1, 0.15) is 0 Å². The predicted molar refractivity (Wildman–Crippen MR) is 57.0 cm³/mol. The highest BCUT2D eigenvalue weighted by molar-refractivity contribution is 4.90. The quantitative estimate of drug-likeness (QED) is 0.666. The number of piperidine rings is 1. The number of rotatable bonds is 2. The average molecular weight is 198 g/mol. The lowest BCUT2D eigenvalue weighted by Crippen LogP contribution is -2.46. The lowest BCUT2D eigenvalue weighted by molar-refractivity contribution is -0.0888. The molecule has 2 saturated heterocycles. The summed E-state index contributed by atoms with van der Waals surface area (Å²) in [7, 11) is 2.05. The molecule has 0 aromatic rings. The molecule has 0 radical (unpaired) electrons. The molecule has 1 unspecified atom stereocenters. The normalized spacial score (nSPS) is 35.6. The maximum absolute atomic E-state index is 5.58. The van der Waals surface area contributed by atoms with Gasteiger partial charge < -0.3 is 4.90 Å². The van der Waals surface area contributed by atoms with Crippen molar-refractivity contribution in [2.24, 2.45) is 5.41 Å². The molecular formula is C11H22N2O. The zero-order valence-corrected chi connectivity index (χ0v) is 9.46. The summed E-state index contributed by atoms with van der Waals surface area (Å²) in [6.07, 6.45) is 3.96. The van der Waals surface area contributed by atoms with Crippen LogP contribution >= 0.6 is 0 Å². The second-order valence-corrected chi connectivity index (χ2v) is 4.94. The van der Waals surface area contributed by atoms with Crippen LogP contribution in [-0.2, 0) is 4.84 Å². The van der Waals surface area contributed by atoms with Crippen LogP contribution in [0.15, 0.2) is 0 Å². The maximum Gasteiger partial charge on any atom is 0.0766 e. The van der Waals surface area contributed by atoms with Crippen LogP contribution in [0.2, 0.25) is 0 Å². The molecule has 0 aromatic heterocycles. The summed E-state index contributed by atoms with van der Waals surface area (Å²) < 4.78 is 0. The summed E-state index contributed by atoms with van der Waals surface area (Å²) in [5.74, 6) is 0. The first-order chi connectivity index (χ1) is 6.74. The molecule has 0 amide bonds. The van der Waals surface area contributed by atoms with Gasteiger partial charge >= 0.3 is 0 Å². The van der Waals surface area contributed by atoms with Crippen molar-refractivity contribution in [3.05, 3.63) is 0 Å². The second kappa shape index (κ2) is 4.17. The van der Waals surface area contributed by atoms with E-state index in [1.54, 1.807) is 0 Å². The van der Waals surface area contributed by atoms with Gasteiger partial charge in [0.2, 0.25) is 0 Å². The van der Waals surface area contributed by atoms with Gasteiger partial charge in [-0.2, -0.15) is 5.06 Å². The van der Waals surface area contributed by atoms with Crippen LogP contribution in [0.25, 0.3) is 0 Å². The Morgan fingerprint density at radius 2 is 2.21 bits per heavy atom. The lowest BCUT2D eigenvalue weighted by atomic mass is 9.81. The molecule has 1 atom stereocenters. The van der Waals surface area contributed by atoms with Crippen molar-refractivity contribution in [3.8, 4) is 0 Å². The predicted octanol–water partition coefficient (Wildman–Crippen LogP) is 1.36. The van der Waals surface area contributed by atoms with E-state index in [0.717, 1.165) is 13.2 Å². The molecule has 1 spiro atoms. The monoisotopic (exact) mass is 198 g/mol. The number of nitrogens with zero attached hydrogens (tertiary/aromatic N) is 2. The number of hydroxylamine groups is 2. The van der Waals surface area contributed by atoms with Crippen LogP contribution in [0.4, 0.5) is 0 Å². The Hall–Kier alpha value is -0.120. The minimum Gasteiger partial charge on any atom is -0.303 e. The lowest BCUT2D eigenvalue weighted by Gasteiger charge is -2.38. The van der Waals surface area contributed by atoms with Gasteiger partial charge in [-0.1, -0.05) is 6.92 Å². The Bertz CT molecular complexity index is 192. The summed E-state index contributed by atoms with van der Waals surface area (Å²) in [4.78, 5) is 8.18. The third-order valence-corrected chi connectivity index (χ3v) is 3.43. The van der Waals surface area contributed by atoms with Gasteiger partial charge in [0.25, 0.3) is 0 Å². The zero-order valence-electron chi connectivity index (χ0n) is 9.46. The fourth-order valence-corrected chi connectivity index (χ4v) is 2.87. The van der Waals surface area contributed by atoms with Crippen molar-refractivity contribution < 1.29 is 4.84 Å². The molecule has 0 saturated carbocycles. The molecular weight excluding hydrogens is 176 g/mol. The van der Waals surface area contributed by atoms with Crippen molar-refractivity contribution in [3.63, 3.8) is 0 Å². The van der Waals surface area contributed by atoms with Gasteiger partial charge in [0.05, 0.1) is 6.61 Å². The van der Waals surface area contributed by atoms with E-state index in [1.807, 2.05) is 12.1 Å². The van der Waals surface area contributed by atoms with Crippen LogP contribution < -0.4 is 0 Å². The Balaban J connectivity index is 1.93. The van der Waals surface area contributed by atoms with Crippen LogP contribution in [-0.4, -0.2) is 49.8 Å². The molecule has 0 N–H and O–H groups in total. The molecule has 0 aliphatic carbocycles. The zero-order chi connectivity index (χ0) is 10.0. The molecule has 3 heteroatoms. The van der Waals surface area contributed by atoms with E-state index >= 15 is 0 Å². The van der Waals surface area contributed by atoms with Crippen molar-refractivity contribution in [1.82, 2.24) is 9.96 Å². The van der Waals surface area contributed by atoms with E-state index in [1.165, 1.54) is 38.9 Å². The van der Waals surface area contributed by atoms with Gasteiger partial charge in [-0.05, 0) is 32.4 Å². The topological polar surface area (TPSA) is 15.7 Å². The van der Waals surface area contributed by atoms with E-state index < -0.39 is 0 Å². The second-order valence-electron chi connectivity index (χ2n) is 4.94. The first-order valence-electron chi connectivity index (χ1n) is 5.80. The Morgan fingerprint density at radius 3 is 2.86 bits per heavy atom.